The largest absolute Gasteiger partial charge is 0.355 e. The third kappa shape index (κ3) is 4.07. The number of nitrogens with one attached hydrogen (secondary N) is 1. The second kappa shape index (κ2) is 8.24. The average molecular weight is 367 g/mol. The molecule has 0 bridgehead atoms. The van der Waals surface area contributed by atoms with Gasteiger partial charge in [0.1, 0.15) is 0 Å². The van der Waals surface area contributed by atoms with Crippen molar-refractivity contribution in [2.75, 3.05) is 24.5 Å². The van der Waals surface area contributed by atoms with Gasteiger partial charge in [-0.25, -0.2) is 0 Å². The van der Waals surface area contributed by atoms with E-state index in [4.69, 9.17) is 0 Å². The maximum atomic E-state index is 12.8. The van der Waals surface area contributed by atoms with Crippen LogP contribution in [0, 0.1) is 11.8 Å². The van der Waals surface area contributed by atoms with Crippen LogP contribution in [0.4, 0.5) is 5.82 Å². The van der Waals surface area contributed by atoms with Crippen LogP contribution < -0.4 is 10.2 Å². The van der Waals surface area contributed by atoms with Gasteiger partial charge < -0.3 is 10.2 Å². The number of amides is 1. The predicted molar refractivity (Wildman–Crippen MR) is 109 cm³/mol. The van der Waals surface area contributed by atoms with Gasteiger partial charge in [0, 0.05) is 30.4 Å². The molecule has 2 heterocycles. The van der Waals surface area contributed by atoms with Crippen molar-refractivity contribution in [3.63, 3.8) is 0 Å². The molecule has 5 nitrogen and oxygen atoms in total. The van der Waals surface area contributed by atoms with Gasteiger partial charge in [0.2, 0.25) is 0 Å². The fraction of sp³-hybridized carbons (Fsp3) is 0.591. The molecule has 1 aliphatic heterocycles. The number of piperidine rings is 1. The van der Waals surface area contributed by atoms with Gasteiger partial charge in [-0.05, 0) is 37.5 Å². The fourth-order valence-corrected chi connectivity index (χ4v) is 4.42. The first-order chi connectivity index (χ1) is 13.2. The lowest BCUT2D eigenvalue weighted by atomic mass is 9.89. The van der Waals surface area contributed by atoms with Crippen LogP contribution in [-0.4, -0.2) is 35.7 Å². The molecule has 27 heavy (non-hydrogen) atoms. The lowest BCUT2D eigenvalue weighted by Gasteiger charge is -2.31. The quantitative estimate of drug-likeness (QED) is 0.882. The van der Waals surface area contributed by atoms with Gasteiger partial charge in [-0.2, -0.15) is 0 Å². The third-order valence-corrected chi connectivity index (χ3v) is 6.24. The van der Waals surface area contributed by atoms with Gasteiger partial charge in [-0.3, -0.25) is 4.79 Å². The van der Waals surface area contributed by atoms with Gasteiger partial charge in [0.15, 0.2) is 11.5 Å². The standard InChI is InChI=1S/C22H30N4O/c1-16-11-13-26(14-12-16)21-19-10-6-5-9-18(19)20(24-25-21)22(27)23-15-17-7-3-2-4-8-17/h5-6,9-10,16-17H,2-4,7-8,11-15H2,1H3,(H,23,27). The molecule has 1 saturated carbocycles. The Morgan fingerprint density at radius 1 is 1.04 bits per heavy atom. The number of carbonyl (C=O) groups excluding carboxylic acids is 1. The molecule has 1 amide bonds. The molecule has 2 aliphatic rings. The third-order valence-electron chi connectivity index (χ3n) is 6.24. The van der Waals surface area contributed by atoms with Crippen molar-refractivity contribution in [2.24, 2.45) is 11.8 Å². The van der Waals surface area contributed by atoms with Crippen molar-refractivity contribution in [2.45, 2.75) is 51.9 Å². The molecule has 5 heteroatoms. The summed E-state index contributed by atoms with van der Waals surface area (Å²) in [5, 5.41) is 13.9. The van der Waals surface area contributed by atoms with E-state index >= 15 is 0 Å². The molecule has 1 aliphatic carbocycles. The highest BCUT2D eigenvalue weighted by Gasteiger charge is 2.22. The zero-order valence-corrected chi connectivity index (χ0v) is 16.3. The topological polar surface area (TPSA) is 58.1 Å². The zero-order valence-electron chi connectivity index (χ0n) is 16.3. The van der Waals surface area contributed by atoms with E-state index in [1.54, 1.807) is 0 Å². The Balaban J connectivity index is 1.55. The van der Waals surface area contributed by atoms with Crippen LogP contribution in [0.15, 0.2) is 24.3 Å². The summed E-state index contributed by atoms with van der Waals surface area (Å²) in [4.78, 5) is 15.1. The Bertz CT molecular complexity index is 792. The summed E-state index contributed by atoms with van der Waals surface area (Å²) in [6.07, 6.45) is 8.70. The number of benzene rings is 1. The van der Waals surface area contributed by atoms with Crippen LogP contribution in [0.1, 0.15) is 62.4 Å². The molecule has 1 aromatic carbocycles. The highest BCUT2D eigenvalue weighted by molar-refractivity contribution is 6.07. The second-order valence-electron chi connectivity index (χ2n) is 8.30. The van der Waals surface area contributed by atoms with Gasteiger partial charge in [0.25, 0.3) is 5.91 Å². The van der Waals surface area contributed by atoms with Gasteiger partial charge in [-0.15, -0.1) is 10.2 Å². The van der Waals surface area contributed by atoms with Crippen LogP contribution in [0.25, 0.3) is 10.8 Å². The van der Waals surface area contributed by atoms with Crippen LogP contribution >= 0.6 is 0 Å². The molecular weight excluding hydrogens is 336 g/mol. The molecule has 0 atom stereocenters. The van der Waals surface area contributed by atoms with Crippen molar-refractivity contribution in [3.05, 3.63) is 30.0 Å². The summed E-state index contributed by atoms with van der Waals surface area (Å²) in [5.41, 5.74) is 0.454. The summed E-state index contributed by atoms with van der Waals surface area (Å²) in [5.74, 6) is 2.20. The molecule has 2 aromatic rings. The first-order valence-corrected chi connectivity index (χ1v) is 10.5. The number of anilines is 1. The van der Waals surface area contributed by atoms with Gasteiger partial charge in [0.05, 0.1) is 0 Å². The second-order valence-corrected chi connectivity index (χ2v) is 8.30. The van der Waals surface area contributed by atoms with Crippen LogP contribution in [0.3, 0.4) is 0 Å². The Hall–Kier alpha value is -2.17. The van der Waals surface area contributed by atoms with Gasteiger partial charge >= 0.3 is 0 Å². The minimum Gasteiger partial charge on any atom is -0.355 e. The summed E-state index contributed by atoms with van der Waals surface area (Å²) in [6.45, 7) is 5.07. The van der Waals surface area contributed by atoms with E-state index in [0.717, 1.165) is 42.1 Å². The number of hydrogen-bond donors (Lipinski definition) is 1. The lowest BCUT2D eigenvalue weighted by Crippen LogP contribution is -2.34. The number of carbonyl (C=O) groups is 1. The normalized spacial score (nSPS) is 19.4. The Morgan fingerprint density at radius 3 is 2.48 bits per heavy atom. The smallest absolute Gasteiger partial charge is 0.272 e. The van der Waals surface area contributed by atoms with E-state index in [1.807, 2.05) is 18.2 Å². The first-order valence-electron chi connectivity index (χ1n) is 10.5. The highest BCUT2D eigenvalue weighted by atomic mass is 16.1. The molecule has 0 radical (unpaired) electrons. The Kier molecular flexibility index (Phi) is 5.55. The molecule has 1 aromatic heterocycles. The fourth-order valence-electron chi connectivity index (χ4n) is 4.42. The summed E-state index contributed by atoms with van der Waals surface area (Å²) < 4.78 is 0. The van der Waals surface area contributed by atoms with Crippen molar-refractivity contribution < 1.29 is 4.79 Å². The minimum absolute atomic E-state index is 0.0944. The van der Waals surface area contributed by atoms with Crippen molar-refractivity contribution >= 4 is 22.5 Å². The zero-order chi connectivity index (χ0) is 18.6. The molecule has 2 fully saturated rings. The van der Waals surface area contributed by atoms with E-state index in [1.165, 1.54) is 44.9 Å². The first kappa shape index (κ1) is 18.2. The van der Waals surface area contributed by atoms with Gasteiger partial charge in [-0.1, -0.05) is 50.5 Å². The Labute approximate surface area is 161 Å². The maximum absolute atomic E-state index is 12.8. The predicted octanol–water partition coefficient (Wildman–Crippen LogP) is 4.18. The number of hydrogen-bond acceptors (Lipinski definition) is 4. The van der Waals surface area contributed by atoms with E-state index in [9.17, 15) is 4.79 Å². The SMILES string of the molecule is CC1CCN(c2nnc(C(=O)NCC3CCCCC3)c3ccccc23)CC1. The lowest BCUT2D eigenvalue weighted by molar-refractivity contribution is 0.0939. The number of rotatable bonds is 4. The van der Waals surface area contributed by atoms with E-state index in [2.05, 4.69) is 33.4 Å². The maximum Gasteiger partial charge on any atom is 0.272 e. The Morgan fingerprint density at radius 2 is 1.74 bits per heavy atom. The van der Waals surface area contributed by atoms with Crippen molar-refractivity contribution in [1.82, 2.24) is 15.5 Å². The summed E-state index contributed by atoms with van der Waals surface area (Å²) >= 11 is 0. The molecule has 0 unspecified atom stereocenters. The molecule has 1 saturated heterocycles. The molecular formula is C22H30N4O. The van der Waals surface area contributed by atoms with E-state index in [0.29, 0.717) is 11.6 Å². The van der Waals surface area contributed by atoms with Crippen LogP contribution in [0.2, 0.25) is 0 Å². The minimum atomic E-state index is -0.0944. The average Bonchev–Trinajstić information content (AvgIpc) is 2.73. The summed E-state index contributed by atoms with van der Waals surface area (Å²) in [7, 11) is 0. The van der Waals surface area contributed by atoms with Crippen molar-refractivity contribution in [1.29, 1.82) is 0 Å². The molecule has 1 N–H and O–H groups in total. The van der Waals surface area contributed by atoms with Crippen LogP contribution in [-0.2, 0) is 0 Å². The van der Waals surface area contributed by atoms with E-state index < -0.39 is 0 Å². The van der Waals surface area contributed by atoms with Crippen molar-refractivity contribution in [3.8, 4) is 0 Å². The monoisotopic (exact) mass is 366 g/mol. The number of fused-ring (bicyclic) bond motifs is 1. The summed E-state index contributed by atoms with van der Waals surface area (Å²) in [6, 6.07) is 8.05. The molecule has 0 spiro atoms. The molecule has 144 valence electrons. The molecule has 4 rings (SSSR count). The highest BCUT2D eigenvalue weighted by Crippen LogP contribution is 2.29. The van der Waals surface area contributed by atoms with Crippen LogP contribution in [0.5, 0.6) is 0 Å². The number of aromatic nitrogens is 2. The van der Waals surface area contributed by atoms with E-state index in [-0.39, 0.29) is 5.91 Å². The number of nitrogens with zero attached hydrogens (tertiary/aromatic N) is 3.